The molecule has 1 aliphatic rings. The van der Waals surface area contributed by atoms with Crippen molar-refractivity contribution in [3.05, 3.63) is 0 Å². The summed E-state index contributed by atoms with van der Waals surface area (Å²) in [6.07, 6.45) is 2.54. The van der Waals surface area contributed by atoms with Gasteiger partial charge >= 0.3 is 0 Å². The quantitative estimate of drug-likeness (QED) is 0.625. The Morgan fingerprint density at radius 3 is 2.91 bits per heavy atom. The van der Waals surface area contributed by atoms with Gasteiger partial charge in [0.2, 0.25) is 0 Å². The Labute approximate surface area is 68.0 Å². The van der Waals surface area contributed by atoms with E-state index in [0.717, 1.165) is 26.1 Å². The number of nitrogens with one attached hydrogen (secondary N) is 1. The summed E-state index contributed by atoms with van der Waals surface area (Å²) in [7, 11) is 0. The van der Waals surface area contributed by atoms with E-state index in [1.54, 1.807) is 0 Å². The van der Waals surface area contributed by atoms with Crippen LogP contribution in [0.3, 0.4) is 0 Å². The number of hydrogen-bond acceptors (Lipinski definition) is 3. The van der Waals surface area contributed by atoms with Gasteiger partial charge in [-0.15, -0.1) is 0 Å². The van der Waals surface area contributed by atoms with E-state index in [1.807, 2.05) is 13.8 Å². The van der Waals surface area contributed by atoms with E-state index in [1.165, 1.54) is 0 Å². The standard InChI is InChI=1S/C8H17NO2/c1-7(2)11-9-8-4-3-5-10-6-8/h7-9H,3-6H2,1-2H3. The molecule has 11 heavy (non-hydrogen) atoms. The van der Waals surface area contributed by atoms with E-state index in [0.29, 0.717) is 6.04 Å². The Kier molecular flexibility index (Phi) is 3.83. The molecule has 0 aromatic carbocycles. The lowest BCUT2D eigenvalue weighted by Crippen LogP contribution is -2.38. The third-order valence-corrected chi connectivity index (χ3v) is 1.63. The first kappa shape index (κ1) is 8.97. The smallest absolute Gasteiger partial charge is 0.0734 e. The molecule has 66 valence electrons. The molecular formula is C8H17NO2. The van der Waals surface area contributed by atoms with Gasteiger partial charge in [0.25, 0.3) is 0 Å². The third-order valence-electron chi connectivity index (χ3n) is 1.63. The van der Waals surface area contributed by atoms with Crippen molar-refractivity contribution in [2.45, 2.75) is 38.8 Å². The lowest BCUT2D eigenvalue weighted by molar-refractivity contribution is -0.0591. The molecule has 1 fully saturated rings. The fraction of sp³-hybridized carbons (Fsp3) is 1.00. The van der Waals surface area contributed by atoms with Crippen molar-refractivity contribution in [2.75, 3.05) is 13.2 Å². The Morgan fingerprint density at radius 1 is 1.55 bits per heavy atom. The van der Waals surface area contributed by atoms with Crippen LogP contribution in [0.2, 0.25) is 0 Å². The lowest BCUT2D eigenvalue weighted by atomic mass is 10.1. The molecule has 0 aliphatic carbocycles. The number of hydrogen-bond donors (Lipinski definition) is 1. The summed E-state index contributed by atoms with van der Waals surface area (Å²) >= 11 is 0. The molecule has 0 aromatic rings. The predicted octanol–water partition coefficient (Wildman–Crippen LogP) is 1.09. The second kappa shape index (κ2) is 4.70. The van der Waals surface area contributed by atoms with Gasteiger partial charge in [0.1, 0.15) is 0 Å². The minimum Gasteiger partial charge on any atom is -0.380 e. The summed E-state index contributed by atoms with van der Waals surface area (Å²) in [6, 6.07) is 0.395. The fourth-order valence-electron chi connectivity index (χ4n) is 1.07. The van der Waals surface area contributed by atoms with E-state index in [-0.39, 0.29) is 6.10 Å². The van der Waals surface area contributed by atoms with Gasteiger partial charge in [-0.2, -0.15) is 5.48 Å². The van der Waals surface area contributed by atoms with Gasteiger partial charge in [-0.3, -0.25) is 4.84 Å². The van der Waals surface area contributed by atoms with Crippen LogP contribution in [-0.2, 0) is 9.57 Å². The molecule has 1 N–H and O–H groups in total. The number of rotatable bonds is 3. The van der Waals surface area contributed by atoms with Gasteiger partial charge < -0.3 is 4.74 Å². The summed E-state index contributed by atoms with van der Waals surface area (Å²) in [5.41, 5.74) is 3.00. The first-order valence-electron chi connectivity index (χ1n) is 4.28. The van der Waals surface area contributed by atoms with Crippen LogP contribution in [0.15, 0.2) is 0 Å². The second-order valence-electron chi connectivity index (χ2n) is 3.20. The van der Waals surface area contributed by atoms with Gasteiger partial charge in [-0.25, -0.2) is 0 Å². The highest BCUT2D eigenvalue weighted by molar-refractivity contribution is 4.65. The van der Waals surface area contributed by atoms with Crippen molar-refractivity contribution in [2.24, 2.45) is 0 Å². The second-order valence-corrected chi connectivity index (χ2v) is 3.20. The van der Waals surface area contributed by atoms with Crippen molar-refractivity contribution in [1.82, 2.24) is 5.48 Å². The molecule has 0 bridgehead atoms. The van der Waals surface area contributed by atoms with Crippen LogP contribution < -0.4 is 5.48 Å². The summed E-state index contributed by atoms with van der Waals surface area (Å²) in [5.74, 6) is 0. The molecule has 0 aromatic heterocycles. The highest BCUT2D eigenvalue weighted by atomic mass is 16.7. The number of hydroxylamine groups is 1. The van der Waals surface area contributed by atoms with E-state index in [2.05, 4.69) is 5.48 Å². The van der Waals surface area contributed by atoms with Crippen molar-refractivity contribution < 1.29 is 9.57 Å². The van der Waals surface area contributed by atoms with Gasteiger partial charge in [0.15, 0.2) is 0 Å². The molecule has 0 radical (unpaired) electrons. The average Bonchev–Trinajstić information content (AvgIpc) is 2.03. The molecule has 0 saturated carbocycles. The van der Waals surface area contributed by atoms with E-state index in [9.17, 15) is 0 Å². The molecule has 1 atom stereocenters. The zero-order chi connectivity index (χ0) is 8.10. The Hall–Kier alpha value is -0.120. The zero-order valence-corrected chi connectivity index (χ0v) is 7.30. The molecule has 1 aliphatic heterocycles. The molecule has 0 amide bonds. The maximum absolute atomic E-state index is 5.27. The summed E-state index contributed by atoms with van der Waals surface area (Å²) in [5, 5.41) is 0. The first-order chi connectivity index (χ1) is 5.29. The summed E-state index contributed by atoms with van der Waals surface area (Å²) < 4.78 is 5.27. The van der Waals surface area contributed by atoms with E-state index < -0.39 is 0 Å². The predicted molar refractivity (Wildman–Crippen MR) is 43.2 cm³/mol. The molecule has 3 heteroatoms. The highest BCUT2D eigenvalue weighted by Gasteiger charge is 2.13. The highest BCUT2D eigenvalue weighted by Crippen LogP contribution is 2.05. The van der Waals surface area contributed by atoms with Crippen molar-refractivity contribution in [3.63, 3.8) is 0 Å². The maximum Gasteiger partial charge on any atom is 0.0734 e. The Bertz CT molecular complexity index is 100. The van der Waals surface area contributed by atoms with Crippen LogP contribution in [0.4, 0.5) is 0 Å². The third kappa shape index (κ3) is 3.70. The minimum atomic E-state index is 0.247. The van der Waals surface area contributed by atoms with Gasteiger partial charge in [0.05, 0.1) is 18.8 Å². The van der Waals surface area contributed by atoms with Gasteiger partial charge in [-0.1, -0.05) is 0 Å². The first-order valence-corrected chi connectivity index (χ1v) is 4.28. The SMILES string of the molecule is CC(C)ONC1CCCOC1. The van der Waals surface area contributed by atoms with Crippen molar-refractivity contribution in [1.29, 1.82) is 0 Å². The molecule has 1 saturated heterocycles. The molecule has 1 heterocycles. The maximum atomic E-state index is 5.27. The van der Waals surface area contributed by atoms with Crippen LogP contribution in [0.25, 0.3) is 0 Å². The summed E-state index contributed by atoms with van der Waals surface area (Å²) in [6.45, 7) is 5.71. The average molecular weight is 159 g/mol. The largest absolute Gasteiger partial charge is 0.380 e. The van der Waals surface area contributed by atoms with Crippen LogP contribution >= 0.6 is 0 Å². The topological polar surface area (TPSA) is 30.5 Å². The Balaban J connectivity index is 2.05. The fourth-order valence-corrected chi connectivity index (χ4v) is 1.07. The van der Waals surface area contributed by atoms with Crippen molar-refractivity contribution >= 4 is 0 Å². The van der Waals surface area contributed by atoms with Crippen molar-refractivity contribution in [3.8, 4) is 0 Å². The van der Waals surface area contributed by atoms with Gasteiger partial charge in [-0.05, 0) is 26.7 Å². The molecule has 1 rings (SSSR count). The summed E-state index contributed by atoms with van der Waals surface area (Å²) in [4.78, 5) is 5.25. The van der Waals surface area contributed by atoms with E-state index in [4.69, 9.17) is 9.57 Å². The van der Waals surface area contributed by atoms with Gasteiger partial charge in [0, 0.05) is 6.61 Å². The van der Waals surface area contributed by atoms with Crippen LogP contribution in [0.5, 0.6) is 0 Å². The Morgan fingerprint density at radius 2 is 2.36 bits per heavy atom. The molecule has 0 spiro atoms. The monoisotopic (exact) mass is 159 g/mol. The molecule has 3 nitrogen and oxygen atoms in total. The lowest BCUT2D eigenvalue weighted by Gasteiger charge is -2.23. The zero-order valence-electron chi connectivity index (χ0n) is 7.30. The van der Waals surface area contributed by atoms with Crippen LogP contribution in [0, 0.1) is 0 Å². The van der Waals surface area contributed by atoms with Crippen LogP contribution in [-0.4, -0.2) is 25.4 Å². The molecular weight excluding hydrogens is 142 g/mol. The van der Waals surface area contributed by atoms with Crippen LogP contribution in [0.1, 0.15) is 26.7 Å². The van der Waals surface area contributed by atoms with E-state index >= 15 is 0 Å². The number of ether oxygens (including phenoxy) is 1. The molecule has 1 unspecified atom stereocenters. The normalized spacial score (nSPS) is 25.9. The minimum absolute atomic E-state index is 0.247.